The van der Waals surface area contributed by atoms with Crippen molar-refractivity contribution < 1.29 is 9.90 Å². The standard InChI is InChI=1S/C19H15BrN4O2S/c20-11-5-3-10(4-6-11)15-13(8-21)24(14(15)9-25)19(26)17-16(22)12-2-1-7-23-18(12)27-17/h1-7,13-15,25H,9,22H2. The molecule has 0 aliphatic carbocycles. The number of thiophene rings is 1. The number of nitrogen functional groups attached to an aromatic ring is 1. The van der Waals surface area contributed by atoms with E-state index in [1.807, 2.05) is 30.3 Å². The molecular weight excluding hydrogens is 428 g/mol. The number of rotatable bonds is 3. The van der Waals surface area contributed by atoms with Crippen LogP contribution in [0, 0.1) is 11.3 Å². The molecule has 4 rings (SSSR count). The van der Waals surface area contributed by atoms with E-state index in [0.717, 1.165) is 15.4 Å². The van der Waals surface area contributed by atoms with Gasteiger partial charge in [-0.2, -0.15) is 5.26 Å². The Hall–Kier alpha value is -2.47. The van der Waals surface area contributed by atoms with Gasteiger partial charge in [-0.1, -0.05) is 28.1 Å². The first kappa shape index (κ1) is 17.9. The Morgan fingerprint density at radius 1 is 1.37 bits per heavy atom. The van der Waals surface area contributed by atoms with E-state index in [9.17, 15) is 15.2 Å². The number of aliphatic hydroxyl groups is 1. The van der Waals surface area contributed by atoms with Crippen molar-refractivity contribution in [3.8, 4) is 6.07 Å². The fourth-order valence-electron chi connectivity index (χ4n) is 3.60. The summed E-state index contributed by atoms with van der Waals surface area (Å²) >= 11 is 4.60. The Labute approximate surface area is 168 Å². The number of nitrogens with zero attached hydrogens (tertiary/aromatic N) is 3. The number of aromatic nitrogens is 1. The molecule has 6 nitrogen and oxygen atoms in total. The van der Waals surface area contributed by atoms with Crippen molar-refractivity contribution in [3.05, 3.63) is 57.5 Å². The van der Waals surface area contributed by atoms with Gasteiger partial charge >= 0.3 is 0 Å². The van der Waals surface area contributed by atoms with Crippen molar-refractivity contribution in [2.75, 3.05) is 12.3 Å². The predicted octanol–water partition coefficient (Wildman–Crippen LogP) is 3.13. The number of halogens is 1. The van der Waals surface area contributed by atoms with Gasteiger partial charge in [0.2, 0.25) is 0 Å². The number of pyridine rings is 1. The quantitative estimate of drug-likeness (QED) is 0.648. The van der Waals surface area contributed by atoms with Crippen LogP contribution in [0.2, 0.25) is 0 Å². The van der Waals surface area contributed by atoms with Gasteiger partial charge in [-0.3, -0.25) is 4.79 Å². The van der Waals surface area contributed by atoms with Gasteiger partial charge in [0.05, 0.1) is 24.4 Å². The summed E-state index contributed by atoms with van der Waals surface area (Å²) in [6, 6.07) is 12.2. The molecule has 2 aromatic heterocycles. The smallest absolute Gasteiger partial charge is 0.267 e. The zero-order valence-electron chi connectivity index (χ0n) is 14.0. The first-order valence-electron chi connectivity index (χ1n) is 8.28. The predicted molar refractivity (Wildman–Crippen MR) is 107 cm³/mol. The highest BCUT2D eigenvalue weighted by Crippen LogP contribution is 2.43. The van der Waals surface area contributed by atoms with Crippen LogP contribution < -0.4 is 5.73 Å². The summed E-state index contributed by atoms with van der Waals surface area (Å²) in [7, 11) is 0. The fraction of sp³-hybridized carbons (Fsp3) is 0.211. The minimum atomic E-state index is -0.659. The lowest BCUT2D eigenvalue weighted by atomic mass is 9.75. The summed E-state index contributed by atoms with van der Waals surface area (Å²) in [5.41, 5.74) is 7.45. The lowest BCUT2D eigenvalue weighted by Crippen LogP contribution is -2.65. The second-order valence-electron chi connectivity index (χ2n) is 6.31. The molecule has 1 fully saturated rings. The van der Waals surface area contributed by atoms with E-state index in [-0.39, 0.29) is 18.4 Å². The molecule has 8 heteroatoms. The molecule has 3 unspecified atom stereocenters. The summed E-state index contributed by atoms with van der Waals surface area (Å²) in [6.45, 7) is -0.228. The van der Waals surface area contributed by atoms with Gasteiger partial charge in [0.15, 0.2) is 0 Å². The highest BCUT2D eigenvalue weighted by atomic mass is 79.9. The number of aliphatic hydroxyl groups excluding tert-OH is 1. The number of nitriles is 1. The third-order valence-corrected chi connectivity index (χ3v) is 6.57. The van der Waals surface area contributed by atoms with Crippen LogP contribution in [0.5, 0.6) is 0 Å². The number of hydrogen-bond acceptors (Lipinski definition) is 6. The summed E-state index contributed by atoms with van der Waals surface area (Å²) < 4.78 is 0.929. The molecule has 0 bridgehead atoms. The Kier molecular flexibility index (Phi) is 4.60. The molecular formula is C19H15BrN4O2S. The normalized spacial score (nSPS) is 21.7. The minimum Gasteiger partial charge on any atom is -0.397 e. The molecule has 136 valence electrons. The molecule has 1 amide bonds. The summed E-state index contributed by atoms with van der Waals surface area (Å²) in [5, 5.41) is 20.3. The van der Waals surface area contributed by atoms with Crippen LogP contribution in [-0.4, -0.2) is 39.6 Å². The Morgan fingerprint density at radius 3 is 2.74 bits per heavy atom. The molecule has 0 saturated carbocycles. The fourth-order valence-corrected chi connectivity index (χ4v) is 4.87. The second-order valence-corrected chi connectivity index (χ2v) is 8.23. The van der Waals surface area contributed by atoms with Crippen LogP contribution in [0.3, 0.4) is 0 Å². The number of nitrogens with two attached hydrogens (primary N) is 1. The van der Waals surface area contributed by atoms with Gasteiger partial charge in [-0.05, 0) is 29.8 Å². The van der Waals surface area contributed by atoms with E-state index in [1.165, 1.54) is 16.2 Å². The maximum absolute atomic E-state index is 13.1. The van der Waals surface area contributed by atoms with Gasteiger partial charge in [-0.15, -0.1) is 11.3 Å². The molecule has 1 aliphatic heterocycles. The SMILES string of the molecule is N#CC1C(c2ccc(Br)cc2)C(CO)N1C(=O)c1sc2ncccc2c1N. The lowest BCUT2D eigenvalue weighted by molar-refractivity contribution is -0.00539. The Bertz CT molecular complexity index is 1060. The van der Waals surface area contributed by atoms with E-state index < -0.39 is 12.1 Å². The van der Waals surface area contributed by atoms with Crippen molar-refractivity contribution in [3.63, 3.8) is 0 Å². The van der Waals surface area contributed by atoms with Gasteiger partial charge in [0.25, 0.3) is 5.91 Å². The first-order valence-corrected chi connectivity index (χ1v) is 9.89. The topological polar surface area (TPSA) is 103 Å². The minimum absolute atomic E-state index is 0.228. The highest BCUT2D eigenvalue weighted by Gasteiger charge is 2.52. The van der Waals surface area contributed by atoms with Gasteiger partial charge in [0.1, 0.15) is 15.7 Å². The van der Waals surface area contributed by atoms with Crippen LogP contribution >= 0.6 is 27.3 Å². The molecule has 27 heavy (non-hydrogen) atoms. The van der Waals surface area contributed by atoms with Crippen LogP contribution in [0.15, 0.2) is 47.1 Å². The average molecular weight is 443 g/mol. The number of carbonyl (C=O) groups excluding carboxylic acids is 1. The van der Waals surface area contributed by atoms with Gasteiger partial charge in [-0.25, -0.2) is 4.98 Å². The molecule has 0 radical (unpaired) electrons. The number of carbonyl (C=O) groups is 1. The maximum atomic E-state index is 13.1. The summed E-state index contributed by atoms with van der Waals surface area (Å²) in [4.78, 5) is 19.9. The Morgan fingerprint density at radius 2 is 2.11 bits per heavy atom. The number of amides is 1. The third-order valence-electron chi connectivity index (χ3n) is 4.92. The molecule has 3 N–H and O–H groups in total. The maximum Gasteiger partial charge on any atom is 0.267 e. The average Bonchev–Trinajstić information content (AvgIpc) is 3.00. The third kappa shape index (κ3) is 2.79. The van der Waals surface area contributed by atoms with E-state index in [4.69, 9.17) is 5.73 Å². The van der Waals surface area contributed by atoms with Crippen LogP contribution in [-0.2, 0) is 0 Å². The van der Waals surface area contributed by atoms with Crippen molar-refractivity contribution >= 4 is 49.1 Å². The molecule has 3 heterocycles. The second kappa shape index (κ2) is 6.93. The zero-order chi connectivity index (χ0) is 19.1. The van der Waals surface area contributed by atoms with E-state index in [0.29, 0.717) is 15.4 Å². The number of benzene rings is 1. The largest absolute Gasteiger partial charge is 0.397 e. The molecule has 1 aromatic carbocycles. The molecule has 0 spiro atoms. The highest BCUT2D eigenvalue weighted by molar-refractivity contribution is 9.10. The molecule has 1 aliphatic rings. The van der Waals surface area contributed by atoms with Gasteiger partial charge in [0, 0.05) is 22.0 Å². The van der Waals surface area contributed by atoms with Crippen LogP contribution in [0.25, 0.3) is 10.2 Å². The summed E-state index contributed by atoms with van der Waals surface area (Å²) in [5.74, 6) is -0.583. The lowest BCUT2D eigenvalue weighted by Gasteiger charge is -2.51. The molecule has 1 saturated heterocycles. The van der Waals surface area contributed by atoms with Crippen molar-refractivity contribution in [1.82, 2.24) is 9.88 Å². The van der Waals surface area contributed by atoms with Crippen molar-refractivity contribution in [1.29, 1.82) is 5.26 Å². The van der Waals surface area contributed by atoms with Crippen molar-refractivity contribution in [2.24, 2.45) is 0 Å². The Balaban J connectivity index is 1.70. The van der Waals surface area contributed by atoms with Gasteiger partial charge < -0.3 is 15.7 Å². The van der Waals surface area contributed by atoms with E-state index in [1.54, 1.807) is 12.3 Å². The van der Waals surface area contributed by atoms with E-state index in [2.05, 4.69) is 27.0 Å². The zero-order valence-corrected chi connectivity index (χ0v) is 16.4. The van der Waals surface area contributed by atoms with Crippen LogP contribution in [0.1, 0.15) is 21.2 Å². The number of likely N-dealkylation sites (tertiary alicyclic amines) is 1. The molecule has 3 atom stereocenters. The molecule has 3 aromatic rings. The number of fused-ring (bicyclic) bond motifs is 1. The monoisotopic (exact) mass is 442 g/mol. The van der Waals surface area contributed by atoms with Crippen molar-refractivity contribution in [2.45, 2.75) is 18.0 Å². The van der Waals surface area contributed by atoms with E-state index >= 15 is 0 Å². The number of hydrogen-bond donors (Lipinski definition) is 2. The summed E-state index contributed by atoms with van der Waals surface area (Å²) in [6.07, 6.45) is 1.65. The number of anilines is 1. The van der Waals surface area contributed by atoms with Crippen LogP contribution in [0.4, 0.5) is 5.69 Å². The first-order chi connectivity index (χ1) is 13.1.